The largest absolute Gasteiger partial charge is 0.491 e. The van der Waals surface area contributed by atoms with Gasteiger partial charge in [-0.1, -0.05) is 48.4 Å². The van der Waals surface area contributed by atoms with Crippen LogP contribution in [0.3, 0.4) is 0 Å². The molecule has 0 radical (unpaired) electrons. The lowest BCUT2D eigenvalue weighted by Gasteiger charge is -2.24. The average Bonchev–Trinajstić information content (AvgIpc) is 3.28. The number of benzene rings is 2. The summed E-state index contributed by atoms with van der Waals surface area (Å²) in [5.41, 5.74) is 8.11. The van der Waals surface area contributed by atoms with Crippen LogP contribution < -0.4 is 10.5 Å². The van der Waals surface area contributed by atoms with Crippen LogP contribution in [0, 0.1) is 12.3 Å². The lowest BCUT2D eigenvalue weighted by atomic mass is 9.97. The molecule has 0 aliphatic carbocycles. The van der Waals surface area contributed by atoms with Crippen molar-refractivity contribution < 1.29 is 20.1 Å². The Bertz CT molecular complexity index is 1030. The van der Waals surface area contributed by atoms with E-state index in [9.17, 15) is 15.3 Å². The Balaban J connectivity index is 1.98. The molecule has 7 nitrogen and oxygen atoms in total. The summed E-state index contributed by atoms with van der Waals surface area (Å²) in [4.78, 5) is 4.13. The highest BCUT2D eigenvalue weighted by Crippen LogP contribution is 2.36. The molecule has 1 aromatic heterocycles. The molecule has 2 aromatic carbocycles. The number of terminal acetylenes is 1. The predicted octanol–water partition coefficient (Wildman–Crippen LogP) is 2.21. The third kappa shape index (κ3) is 5.13. The number of hydrogen-bond donors (Lipinski definition) is 4. The number of aliphatic hydroxyl groups is 3. The van der Waals surface area contributed by atoms with Gasteiger partial charge in [0.15, 0.2) is 0 Å². The van der Waals surface area contributed by atoms with E-state index in [-0.39, 0.29) is 13.2 Å². The summed E-state index contributed by atoms with van der Waals surface area (Å²) >= 11 is 0. The van der Waals surface area contributed by atoms with Crippen molar-refractivity contribution in [3.05, 3.63) is 72.3 Å². The molecule has 0 fully saturated rings. The first-order valence-corrected chi connectivity index (χ1v) is 9.99. The fraction of sp³-hybridized carbons (Fsp3) is 0.292. The molecule has 0 saturated heterocycles. The van der Waals surface area contributed by atoms with E-state index < -0.39 is 24.3 Å². The van der Waals surface area contributed by atoms with Crippen LogP contribution in [0.1, 0.15) is 36.6 Å². The Labute approximate surface area is 181 Å². The van der Waals surface area contributed by atoms with Crippen LogP contribution >= 0.6 is 0 Å². The highest BCUT2D eigenvalue weighted by atomic mass is 16.5. The number of nitrogens with two attached hydrogens (primary N) is 1. The number of aliphatic hydroxyl groups excluding tert-OH is 3. The van der Waals surface area contributed by atoms with Crippen molar-refractivity contribution in [3.63, 3.8) is 0 Å². The van der Waals surface area contributed by atoms with Crippen LogP contribution in [0.4, 0.5) is 0 Å². The second kappa shape index (κ2) is 10.2. The van der Waals surface area contributed by atoms with E-state index in [1.165, 1.54) is 6.20 Å². The van der Waals surface area contributed by atoms with Crippen LogP contribution in [0.15, 0.2) is 60.9 Å². The first-order chi connectivity index (χ1) is 15.0. The van der Waals surface area contributed by atoms with Crippen LogP contribution in [0.2, 0.25) is 0 Å². The summed E-state index contributed by atoms with van der Waals surface area (Å²) in [6, 6.07) is 13.7. The maximum Gasteiger partial charge on any atom is 0.138 e. The Hall–Kier alpha value is -3.15. The van der Waals surface area contributed by atoms with Crippen molar-refractivity contribution in [2.75, 3.05) is 13.2 Å². The molecule has 3 unspecified atom stereocenters. The highest BCUT2D eigenvalue weighted by molar-refractivity contribution is 5.71. The minimum Gasteiger partial charge on any atom is -0.491 e. The van der Waals surface area contributed by atoms with E-state index in [2.05, 4.69) is 10.9 Å². The molecule has 0 saturated carbocycles. The molecular formula is C24H27N3O4. The minimum atomic E-state index is -1.07. The van der Waals surface area contributed by atoms with Crippen molar-refractivity contribution in [3.8, 4) is 29.2 Å². The van der Waals surface area contributed by atoms with Gasteiger partial charge in [0.25, 0.3) is 0 Å². The molecule has 0 spiro atoms. The van der Waals surface area contributed by atoms with Crippen LogP contribution in [-0.4, -0.2) is 44.1 Å². The second-order valence-electron chi connectivity index (χ2n) is 7.30. The molecular weight excluding hydrogens is 394 g/mol. The van der Waals surface area contributed by atoms with Crippen molar-refractivity contribution in [1.29, 1.82) is 0 Å². The number of aromatic nitrogens is 2. The quantitative estimate of drug-likeness (QED) is 0.394. The summed E-state index contributed by atoms with van der Waals surface area (Å²) in [6.45, 7) is 1.50. The average molecular weight is 421 g/mol. The smallest absolute Gasteiger partial charge is 0.138 e. The van der Waals surface area contributed by atoms with Gasteiger partial charge in [0.2, 0.25) is 0 Å². The van der Waals surface area contributed by atoms with Crippen molar-refractivity contribution >= 4 is 0 Å². The van der Waals surface area contributed by atoms with Gasteiger partial charge in [-0.05, 0) is 24.1 Å². The fourth-order valence-corrected chi connectivity index (χ4v) is 3.34. The maximum atomic E-state index is 11.1. The molecule has 4 atom stereocenters. The molecule has 162 valence electrons. The topological polar surface area (TPSA) is 114 Å². The SMILES string of the molecule is C#CC(C(O)c1ccc(-c2ccccc2)c(OCC(N)CO)c1)n1ccnc1[C@@H](C)O. The Morgan fingerprint density at radius 1 is 1.19 bits per heavy atom. The normalized spacial score (nSPS) is 15.0. The molecule has 7 heteroatoms. The highest BCUT2D eigenvalue weighted by Gasteiger charge is 2.25. The number of rotatable bonds is 9. The first-order valence-electron chi connectivity index (χ1n) is 9.99. The Morgan fingerprint density at radius 2 is 1.94 bits per heavy atom. The number of imidazole rings is 1. The summed E-state index contributed by atoms with van der Waals surface area (Å²) in [5, 5.41) is 30.3. The molecule has 0 amide bonds. The summed E-state index contributed by atoms with van der Waals surface area (Å²) < 4.78 is 7.48. The standard InChI is InChI=1S/C24H27N3O4/c1-3-21(27-12-11-26-24(27)16(2)29)23(30)18-9-10-20(17-7-5-4-6-8-17)22(13-18)31-15-19(25)14-28/h1,4-13,16,19,21,23,28-30H,14-15,25H2,2H3/t16-,19?,21?,23?/m1/s1. The van der Waals surface area contributed by atoms with Gasteiger partial charge in [0, 0.05) is 18.0 Å². The van der Waals surface area contributed by atoms with E-state index in [1.54, 1.807) is 29.8 Å². The molecule has 0 bridgehead atoms. The zero-order valence-electron chi connectivity index (χ0n) is 17.3. The van der Waals surface area contributed by atoms with Gasteiger partial charge >= 0.3 is 0 Å². The van der Waals surface area contributed by atoms with Gasteiger partial charge in [0.05, 0.1) is 12.6 Å². The van der Waals surface area contributed by atoms with E-state index >= 15 is 0 Å². The molecule has 0 aliphatic rings. The zero-order chi connectivity index (χ0) is 22.4. The Morgan fingerprint density at radius 3 is 2.58 bits per heavy atom. The minimum absolute atomic E-state index is 0.113. The van der Waals surface area contributed by atoms with Crippen molar-refractivity contribution in [1.82, 2.24) is 9.55 Å². The maximum absolute atomic E-state index is 11.1. The second-order valence-corrected chi connectivity index (χ2v) is 7.30. The van der Waals surface area contributed by atoms with Gasteiger partial charge in [-0.3, -0.25) is 0 Å². The lowest BCUT2D eigenvalue weighted by Crippen LogP contribution is -2.31. The molecule has 31 heavy (non-hydrogen) atoms. The fourth-order valence-electron chi connectivity index (χ4n) is 3.34. The van der Waals surface area contributed by atoms with Crippen LogP contribution in [0.5, 0.6) is 5.75 Å². The number of hydrogen-bond acceptors (Lipinski definition) is 6. The monoisotopic (exact) mass is 421 g/mol. The van der Waals surface area contributed by atoms with Crippen molar-refractivity contribution in [2.45, 2.75) is 31.2 Å². The van der Waals surface area contributed by atoms with Gasteiger partial charge in [0.1, 0.15) is 36.4 Å². The third-order valence-electron chi connectivity index (χ3n) is 4.96. The number of nitrogens with zero attached hydrogens (tertiary/aromatic N) is 2. The van der Waals surface area contributed by atoms with E-state index in [4.69, 9.17) is 16.9 Å². The summed E-state index contributed by atoms with van der Waals surface area (Å²) in [6.07, 6.45) is 6.98. The van der Waals surface area contributed by atoms with Gasteiger partial charge in [-0.2, -0.15) is 0 Å². The Kier molecular flexibility index (Phi) is 7.45. The molecule has 5 N–H and O–H groups in total. The molecule has 3 rings (SSSR count). The van der Waals surface area contributed by atoms with E-state index in [0.717, 1.165) is 11.1 Å². The zero-order valence-corrected chi connectivity index (χ0v) is 17.3. The van der Waals surface area contributed by atoms with E-state index in [0.29, 0.717) is 17.1 Å². The predicted molar refractivity (Wildman–Crippen MR) is 118 cm³/mol. The van der Waals surface area contributed by atoms with Gasteiger partial charge in [-0.25, -0.2) is 4.98 Å². The third-order valence-corrected chi connectivity index (χ3v) is 4.96. The van der Waals surface area contributed by atoms with Crippen LogP contribution in [0.25, 0.3) is 11.1 Å². The van der Waals surface area contributed by atoms with Gasteiger partial charge < -0.3 is 30.4 Å². The molecule has 3 aromatic rings. The van der Waals surface area contributed by atoms with Gasteiger partial charge in [-0.15, -0.1) is 6.42 Å². The molecule has 1 heterocycles. The first kappa shape index (κ1) is 22.5. The number of ether oxygens (including phenoxy) is 1. The van der Waals surface area contributed by atoms with Crippen molar-refractivity contribution in [2.24, 2.45) is 5.73 Å². The summed E-state index contributed by atoms with van der Waals surface area (Å²) in [5.74, 6) is 3.48. The van der Waals surface area contributed by atoms with Crippen LogP contribution in [-0.2, 0) is 0 Å². The molecule has 0 aliphatic heterocycles. The van der Waals surface area contributed by atoms with E-state index in [1.807, 2.05) is 36.4 Å². The summed E-state index contributed by atoms with van der Waals surface area (Å²) in [7, 11) is 0. The lowest BCUT2D eigenvalue weighted by molar-refractivity contribution is 0.127.